The molecule has 0 bridgehead atoms. The molecule has 0 saturated heterocycles. The number of hydrogen-bond donors (Lipinski definition) is 2. The average Bonchev–Trinajstić information content (AvgIpc) is 2.22. The lowest BCUT2D eigenvalue weighted by molar-refractivity contribution is -0.135. The molecule has 1 saturated carbocycles. The lowest BCUT2D eigenvalue weighted by Gasteiger charge is -2.34. The zero-order valence-electron chi connectivity index (χ0n) is 13.4. The summed E-state index contributed by atoms with van der Waals surface area (Å²) in [5, 5.41) is 3.02. The molecule has 0 aromatic carbocycles. The van der Waals surface area contributed by atoms with Crippen molar-refractivity contribution in [3.8, 4) is 0 Å². The molecule has 0 radical (unpaired) electrons. The van der Waals surface area contributed by atoms with E-state index in [1.54, 1.807) is 0 Å². The summed E-state index contributed by atoms with van der Waals surface area (Å²) >= 11 is 0. The highest BCUT2D eigenvalue weighted by molar-refractivity contribution is 5.87. The van der Waals surface area contributed by atoms with Gasteiger partial charge < -0.3 is 11.1 Å². The fraction of sp³-hybridized carbons (Fsp3) is 0.875. The van der Waals surface area contributed by atoms with Crippen LogP contribution in [-0.2, 0) is 9.59 Å². The minimum Gasteiger partial charge on any atom is -0.369 e. The third kappa shape index (κ3) is 5.14. The molecule has 0 aromatic rings. The Morgan fingerprint density at radius 3 is 2.20 bits per heavy atom. The summed E-state index contributed by atoms with van der Waals surface area (Å²) in [6.07, 6.45) is 5.97. The number of nitrogens with one attached hydrogen (secondary N) is 1. The van der Waals surface area contributed by atoms with E-state index in [-0.39, 0.29) is 29.2 Å². The fourth-order valence-corrected chi connectivity index (χ4v) is 2.86. The monoisotopic (exact) mass is 282 g/mol. The van der Waals surface area contributed by atoms with Gasteiger partial charge in [0.1, 0.15) is 0 Å². The summed E-state index contributed by atoms with van der Waals surface area (Å²) in [5.41, 5.74) is 5.27. The number of primary amides is 1. The molecule has 116 valence electrons. The van der Waals surface area contributed by atoms with Gasteiger partial charge in [-0.1, -0.05) is 32.6 Å². The van der Waals surface area contributed by atoms with Crippen molar-refractivity contribution in [2.45, 2.75) is 71.8 Å². The Morgan fingerprint density at radius 1 is 1.25 bits per heavy atom. The largest absolute Gasteiger partial charge is 0.369 e. The molecule has 0 aliphatic heterocycles. The van der Waals surface area contributed by atoms with Gasteiger partial charge in [-0.05, 0) is 39.5 Å². The molecule has 2 amide bonds. The van der Waals surface area contributed by atoms with E-state index in [9.17, 15) is 9.59 Å². The third-order valence-electron chi connectivity index (χ3n) is 4.10. The van der Waals surface area contributed by atoms with Crippen LogP contribution in [0.4, 0.5) is 0 Å². The Hall–Kier alpha value is -1.06. The smallest absolute Gasteiger partial charge is 0.224 e. The van der Waals surface area contributed by atoms with Crippen LogP contribution in [0.15, 0.2) is 0 Å². The van der Waals surface area contributed by atoms with Crippen LogP contribution in [0.2, 0.25) is 0 Å². The Morgan fingerprint density at radius 2 is 1.85 bits per heavy atom. The van der Waals surface area contributed by atoms with Gasteiger partial charge in [0, 0.05) is 17.4 Å². The molecule has 1 fully saturated rings. The summed E-state index contributed by atoms with van der Waals surface area (Å²) in [5.74, 6) is -0.355. The Labute approximate surface area is 122 Å². The molecule has 1 rings (SSSR count). The first kappa shape index (κ1) is 17.0. The van der Waals surface area contributed by atoms with Crippen LogP contribution < -0.4 is 11.1 Å². The highest BCUT2D eigenvalue weighted by Gasteiger charge is 2.36. The number of nitrogens with two attached hydrogens (primary N) is 1. The number of hydrogen-bond acceptors (Lipinski definition) is 2. The molecule has 2 atom stereocenters. The maximum atomic E-state index is 12.5. The molecule has 0 heterocycles. The van der Waals surface area contributed by atoms with Gasteiger partial charge in [0.15, 0.2) is 0 Å². The first-order valence-electron chi connectivity index (χ1n) is 7.86. The summed E-state index contributed by atoms with van der Waals surface area (Å²) in [6, 6.07) is 0. The van der Waals surface area contributed by atoms with E-state index in [1.165, 1.54) is 19.3 Å². The van der Waals surface area contributed by atoms with Crippen molar-refractivity contribution in [2.75, 3.05) is 0 Å². The SMILES string of the molecule is CCCC(C(N)=O)C(CC1CCC1)C(=O)NC(C)(C)C. The van der Waals surface area contributed by atoms with Crippen molar-refractivity contribution in [1.82, 2.24) is 5.32 Å². The minimum absolute atomic E-state index is 0.0124. The number of carbonyl (C=O) groups excluding carboxylic acids is 2. The maximum Gasteiger partial charge on any atom is 0.224 e. The second-order valence-corrected chi connectivity index (χ2v) is 7.18. The molecular weight excluding hydrogens is 252 g/mol. The predicted molar refractivity (Wildman–Crippen MR) is 80.9 cm³/mol. The highest BCUT2D eigenvalue weighted by Crippen LogP contribution is 2.36. The van der Waals surface area contributed by atoms with Gasteiger partial charge in [0.25, 0.3) is 0 Å². The minimum atomic E-state index is -0.333. The predicted octanol–water partition coefficient (Wildman–Crippen LogP) is 2.61. The maximum absolute atomic E-state index is 12.5. The second-order valence-electron chi connectivity index (χ2n) is 7.18. The van der Waals surface area contributed by atoms with Crippen LogP contribution in [0.25, 0.3) is 0 Å². The van der Waals surface area contributed by atoms with E-state index in [0.29, 0.717) is 12.3 Å². The number of rotatable bonds is 7. The zero-order valence-corrected chi connectivity index (χ0v) is 13.4. The van der Waals surface area contributed by atoms with Crippen molar-refractivity contribution in [2.24, 2.45) is 23.5 Å². The van der Waals surface area contributed by atoms with Crippen molar-refractivity contribution < 1.29 is 9.59 Å². The summed E-state index contributed by atoms with van der Waals surface area (Å²) in [6.45, 7) is 7.91. The first-order chi connectivity index (χ1) is 9.24. The Kier molecular flexibility index (Phi) is 6.03. The molecule has 4 heteroatoms. The third-order valence-corrected chi connectivity index (χ3v) is 4.10. The van der Waals surface area contributed by atoms with E-state index < -0.39 is 0 Å². The van der Waals surface area contributed by atoms with Gasteiger partial charge in [-0.2, -0.15) is 0 Å². The second kappa shape index (κ2) is 7.09. The fourth-order valence-electron chi connectivity index (χ4n) is 2.86. The Bertz CT molecular complexity index is 343. The van der Waals surface area contributed by atoms with Gasteiger partial charge in [-0.25, -0.2) is 0 Å². The van der Waals surface area contributed by atoms with Gasteiger partial charge in [-0.3, -0.25) is 9.59 Å². The molecule has 3 N–H and O–H groups in total. The lowest BCUT2D eigenvalue weighted by atomic mass is 9.73. The van der Waals surface area contributed by atoms with E-state index in [4.69, 9.17) is 5.73 Å². The molecule has 1 aliphatic rings. The first-order valence-corrected chi connectivity index (χ1v) is 7.86. The van der Waals surface area contributed by atoms with E-state index in [2.05, 4.69) is 5.32 Å². The van der Waals surface area contributed by atoms with Crippen LogP contribution >= 0.6 is 0 Å². The van der Waals surface area contributed by atoms with E-state index in [0.717, 1.165) is 12.8 Å². The average molecular weight is 282 g/mol. The van der Waals surface area contributed by atoms with Gasteiger partial charge in [-0.15, -0.1) is 0 Å². The standard InChI is InChI=1S/C16H30N2O2/c1-5-7-12(14(17)19)13(10-11-8-6-9-11)15(20)18-16(2,3)4/h11-13H,5-10H2,1-4H3,(H2,17,19)(H,18,20). The molecule has 4 nitrogen and oxygen atoms in total. The molecule has 1 aliphatic carbocycles. The molecule has 0 aromatic heterocycles. The van der Waals surface area contributed by atoms with Crippen LogP contribution in [0.1, 0.15) is 66.2 Å². The van der Waals surface area contributed by atoms with E-state index >= 15 is 0 Å². The van der Waals surface area contributed by atoms with Crippen molar-refractivity contribution in [3.63, 3.8) is 0 Å². The molecule has 0 spiro atoms. The van der Waals surface area contributed by atoms with Crippen LogP contribution in [0, 0.1) is 17.8 Å². The van der Waals surface area contributed by atoms with E-state index in [1.807, 2.05) is 27.7 Å². The van der Waals surface area contributed by atoms with Crippen LogP contribution in [0.3, 0.4) is 0 Å². The molecule has 20 heavy (non-hydrogen) atoms. The van der Waals surface area contributed by atoms with Crippen LogP contribution in [0.5, 0.6) is 0 Å². The van der Waals surface area contributed by atoms with Crippen LogP contribution in [-0.4, -0.2) is 17.4 Å². The lowest BCUT2D eigenvalue weighted by Crippen LogP contribution is -2.48. The Balaban J connectivity index is 2.81. The summed E-state index contributed by atoms with van der Waals surface area (Å²) in [7, 11) is 0. The van der Waals surface area contributed by atoms with Gasteiger partial charge in [0.2, 0.25) is 11.8 Å². The summed E-state index contributed by atoms with van der Waals surface area (Å²) < 4.78 is 0. The zero-order chi connectivity index (χ0) is 15.3. The topological polar surface area (TPSA) is 72.2 Å². The normalized spacial score (nSPS) is 19.0. The number of carbonyl (C=O) groups is 2. The van der Waals surface area contributed by atoms with Gasteiger partial charge >= 0.3 is 0 Å². The van der Waals surface area contributed by atoms with Crippen molar-refractivity contribution in [3.05, 3.63) is 0 Å². The van der Waals surface area contributed by atoms with Gasteiger partial charge in [0.05, 0.1) is 0 Å². The quantitative estimate of drug-likeness (QED) is 0.753. The molecular formula is C16H30N2O2. The molecule has 2 unspecified atom stereocenters. The van der Waals surface area contributed by atoms with Crippen molar-refractivity contribution in [1.29, 1.82) is 0 Å². The highest BCUT2D eigenvalue weighted by atomic mass is 16.2. The number of amides is 2. The summed E-state index contributed by atoms with van der Waals surface area (Å²) in [4.78, 5) is 24.3. The van der Waals surface area contributed by atoms with Crippen molar-refractivity contribution >= 4 is 11.8 Å².